The van der Waals surface area contributed by atoms with E-state index in [2.05, 4.69) is 4.18 Å². The highest BCUT2D eigenvalue weighted by molar-refractivity contribution is 7.85. The van der Waals surface area contributed by atoms with E-state index < -0.39 is 10.1 Å². The average Bonchev–Trinajstić information content (AvgIpc) is 2.58. The molecule has 0 unspecified atom stereocenters. The molecule has 1 aliphatic heterocycles. The van der Waals surface area contributed by atoms with Gasteiger partial charge >= 0.3 is 0 Å². The summed E-state index contributed by atoms with van der Waals surface area (Å²) in [6.07, 6.45) is 5.29. The Kier molecular flexibility index (Phi) is 2.13. The molecule has 2 rings (SSSR count). The molecule has 0 N–H and O–H groups in total. The van der Waals surface area contributed by atoms with Crippen molar-refractivity contribution in [3.8, 4) is 0 Å². The topological polar surface area (TPSA) is 52.6 Å². The normalized spacial score (nSPS) is 31.0. The largest absolute Gasteiger partial charge is 0.369 e. The van der Waals surface area contributed by atoms with E-state index in [-0.39, 0.29) is 18.3 Å². The zero-order valence-electron chi connectivity index (χ0n) is 7.65. The van der Waals surface area contributed by atoms with Gasteiger partial charge in [-0.15, -0.1) is 0 Å². The van der Waals surface area contributed by atoms with Gasteiger partial charge in [0.15, 0.2) is 0 Å². The molecule has 5 heteroatoms. The first-order valence-electron chi connectivity index (χ1n) is 4.51. The van der Waals surface area contributed by atoms with Crippen LogP contribution in [-0.4, -0.2) is 33.0 Å². The van der Waals surface area contributed by atoms with Crippen LogP contribution in [0.1, 0.15) is 25.7 Å². The Hall–Kier alpha value is -0.130. The highest BCUT2D eigenvalue weighted by Crippen LogP contribution is 2.49. The van der Waals surface area contributed by atoms with E-state index in [1.807, 2.05) is 0 Å². The fourth-order valence-corrected chi connectivity index (χ4v) is 2.12. The summed E-state index contributed by atoms with van der Waals surface area (Å²) >= 11 is 0. The van der Waals surface area contributed by atoms with Gasteiger partial charge in [0.05, 0.1) is 24.6 Å². The van der Waals surface area contributed by atoms with Crippen LogP contribution in [-0.2, 0) is 19.0 Å². The fraction of sp³-hybridized carbons (Fsp3) is 1.00. The summed E-state index contributed by atoms with van der Waals surface area (Å²) in [6.45, 7) is 0.181. The van der Waals surface area contributed by atoms with E-state index in [0.29, 0.717) is 0 Å². The molecule has 76 valence electrons. The summed E-state index contributed by atoms with van der Waals surface area (Å²) in [4.78, 5) is 0. The minimum Gasteiger partial charge on any atom is -0.369 e. The molecule has 1 aliphatic carbocycles. The molecule has 0 aromatic rings. The van der Waals surface area contributed by atoms with Crippen molar-refractivity contribution in [1.29, 1.82) is 0 Å². The van der Waals surface area contributed by atoms with Crippen LogP contribution >= 0.6 is 0 Å². The molecule has 4 nitrogen and oxygen atoms in total. The summed E-state index contributed by atoms with van der Waals surface area (Å²) in [7, 11) is -3.31. The SMILES string of the molecule is CS(=O)(=O)OC[C@@H]1CCC2(CC2)O1. The molecule has 1 heterocycles. The Labute approximate surface area is 78.3 Å². The lowest BCUT2D eigenvalue weighted by molar-refractivity contribution is 0.00517. The van der Waals surface area contributed by atoms with E-state index in [1.165, 1.54) is 0 Å². The molecule has 0 bridgehead atoms. The van der Waals surface area contributed by atoms with Gasteiger partial charge in [-0.1, -0.05) is 0 Å². The molecule has 1 spiro atoms. The molecule has 13 heavy (non-hydrogen) atoms. The van der Waals surface area contributed by atoms with E-state index in [9.17, 15) is 8.42 Å². The van der Waals surface area contributed by atoms with Gasteiger partial charge in [0, 0.05) is 0 Å². The van der Waals surface area contributed by atoms with Crippen molar-refractivity contribution in [3.63, 3.8) is 0 Å². The van der Waals surface area contributed by atoms with Gasteiger partial charge < -0.3 is 4.74 Å². The lowest BCUT2D eigenvalue weighted by Crippen LogP contribution is -2.19. The standard InChI is InChI=1S/C8H14O4S/c1-13(9,10)11-6-7-2-3-8(12-7)4-5-8/h7H,2-6H2,1H3/t7-/m0/s1. The van der Waals surface area contributed by atoms with Crippen molar-refractivity contribution >= 4 is 10.1 Å². The lowest BCUT2D eigenvalue weighted by Gasteiger charge is -2.11. The van der Waals surface area contributed by atoms with Crippen molar-refractivity contribution in [2.45, 2.75) is 37.4 Å². The Morgan fingerprint density at radius 3 is 2.62 bits per heavy atom. The summed E-state index contributed by atoms with van der Waals surface area (Å²) in [5.41, 5.74) is 0.117. The molecule has 1 saturated carbocycles. The first-order valence-corrected chi connectivity index (χ1v) is 6.33. The molecular formula is C8H14O4S. The molecule has 0 radical (unpaired) electrons. The first-order chi connectivity index (χ1) is 5.99. The van der Waals surface area contributed by atoms with Crippen LogP contribution in [0.2, 0.25) is 0 Å². The van der Waals surface area contributed by atoms with Crippen LogP contribution in [0.4, 0.5) is 0 Å². The Balaban J connectivity index is 1.78. The molecule has 2 aliphatic rings. The number of hydrogen-bond donors (Lipinski definition) is 0. The predicted octanol–water partition coefficient (Wildman–Crippen LogP) is 0.674. The van der Waals surface area contributed by atoms with Crippen LogP contribution in [0.3, 0.4) is 0 Å². The van der Waals surface area contributed by atoms with E-state index >= 15 is 0 Å². The monoisotopic (exact) mass is 206 g/mol. The molecule has 1 saturated heterocycles. The van der Waals surface area contributed by atoms with Crippen LogP contribution in [0.25, 0.3) is 0 Å². The maximum atomic E-state index is 10.7. The third kappa shape index (κ3) is 2.42. The zero-order chi connectivity index (χ0) is 9.53. The first kappa shape index (κ1) is 9.43. The molecule has 0 amide bonds. The van der Waals surface area contributed by atoms with Crippen molar-refractivity contribution in [2.24, 2.45) is 0 Å². The minimum absolute atomic E-state index is 0.0165. The molecule has 2 fully saturated rings. The second-order valence-corrected chi connectivity index (χ2v) is 5.59. The van der Waals surface area contributed by atoms with Gasteiger partial charge in [-0.2, -0.15) is 8.42 Å². The van der Waals surface area contributed by atoms with E-state index in [0.717, 1.165) is 31.9 Å². The summed E-state index contributed by atoms with van der Waals surface area (Å²) in [5.74, 6) is 0. The summed E-state index contributed by atoms with van der Waals surface area (Å²) in [6, 6.07) is 0. The number of hydrogen-bond acceptors (Lipinski definition) is 4. The Bertz CT molecular complexity index is 291. The van der Waals surface area contributed by atoms with Gasteiger partial charge in [0.25, 0.3) is 10.1 Å². The summed E-state index contributed by atoms with van der Waals surface area (Å²) < 4.78 is 31.7. The van der Waals surface area contributed by atoms with E-state index in [1.54, 1.807) is 0 Å². The predicted molar refractivity (Wildman–Crippen MR) is 46.9 cm³/mol. The zero-order valence-corrected chi connectivity index (χ0v) is 8.47. The van der Waals surface area contributed by atoms with Crippen molar-refractivity contribution < 1.29 is 17.3 Å². The summed E-state index contributed by atoms with van der Waals surface area (Å²) in [5, 5.41) is 0. The van der Waals surface area contributed by atoms with Crippen LogP contribution in [0.15, 0.2) is 0 Å². The Morgan fingerprint density at radius 1 is 1.46 bits per heavy atom. The fourth-order valence-electron chi connectivity index (χ4n) is 1.72. The number of ether oxygens (including phenoxy) is 1. The molecule has 0 aromatic heterocycles. The van der Waals surface area contributed by atoms with Gasteiger partial charge in [0.1, 0.15) is 0 Å². The lowest BCUT2D eigenvalue weighted by atomic mass is 10.2. The van der Waals surface area contributed by atoms with Crippen molar-refractivity contribution in [1.82, 2.24) is 0 Å². The quantitative estimate of drug-likeness (QED) is 0.637. The highest BCUT2D eigenvalue weighted by Gasteiger charge is 2.49. The Morgan fingerprint density at radius 2 is 2.15 bits per heavy atom. The van der Waals surface area contributed by atoms with Gasteiger partial charge in [-0.05, 0) is 25.7 Å². The maximum Gasteiger partial charge on any atom is 0.264 e. The second-order valence-electron chi connectivity index (χ2n) is 3.95. The highest BCUT2D eigenvalue weighted by atomic mass is 32.2. The van der Waals surface area contributed by atoms with Crippen LogP contribution < -0.4 is 0 Å². The second kappa shape index (κ2) is 2.93. The molecule has 1 atom stereocenters. The third-order valence-corrected chi connectivity index (χ3v) is 3.18. The van der Waals surface area contributed by atoms with Crippen molar-refractivity contribution in [3.05, 3.63) is 0 Å². The smallest absolute Gasteiger partial charge is 0.264 e. The maximum absolute atomic E-state index is 10.7. The van der Waals surface area contributed by atoms with Gasteiger partial charge in [0.2, 0.25) is 0 Å². The van der Waals surface area contributed by atoms with Crippen LogP contribution in [0.5, 0.6) is 0 Å². The van der Waals surface area contributed by atoms with Crippen LogP contribution in [0, 0.1) is 0 Å². The molecular weight excluding hydrogens is 192 g/mol. The van der Waals surface area contributed by atoms with Gasteiger partial charge in [-0.25, -0.2) is 0 Å². The third-order valence-electron chi connectivity index (χ3n) is 2.61. The average molecular weight is 206 g/mol. The van der Waals surface area contributed by atoms with Crippen molar-refractivity contribution in [2.75, 3.05) is 12.9 Å². The molecule has 0 aromatic carbocycles. The van der Waals surface area contributed by atoms with E-state index in [4.69, 9.17) is 4.74 Å². The minimum atomic E-state index is -3.31. The number of rotatable bonds is 3. The van der Waals surface area contributed by atoms with Gasteiger partial charge in [-0.3, -0.25) is 4.18 Å².